The van der Waals surface area contributed by atoms with Gasteiger partial charge in [0.15, 0.2) is 0 Å². The third-order valence-electron chi connectivity index (χ3n) is 7.30. The number of rotatable bonds is 38. The third kappa shape index (κ3) is 21.0. The molecule has 0 saturated heterocycles. The van der Waals surface area contributed by atoms with Crippen molar-refractivity contribution in [3.63, 3.8) is 0 Å². The molecular weight excluding hydrogens is 701 g/mol. The number of nitrogens with one attached hydrogen (secondary N) is 2. The summed E-state index contributed by atoms with van der Waals surface area (Å²) in [5.74, 6) is 0. The van der Waals surface area contributed by atoms with E-state index >= 15 is 0 Å². The Morgan fingerprint density at radius 2 is 0.469 bits per heavy atom. The van der Waals surface area contributed by atoms with Gasteiger partial charge >= 0.3 is 35.2 Å². The molecule has 0 fully saturated rings. The molecule has 0 unspecified atom stereocenters. The molecular formula is C32H76N2O11Si4. The maximum Gasteiger partial charge on any atom is 0.500 e. The van der Waals surface area contributed by atoms with Crippen LogP contribution in [0, 0.1) is 0 Å². The van der Waals surface area contributed by atoms with Crippen LogP contribution in [-0.4, -0.2) is 127 Å². The first-order valence-electron chi connectivity index (χ1n) is 19.2. The van der Waals surface area contributed by atoms with Gasteiger partial charge in [-0.25, -0.2) is 0 Å². The maximum absolute atomic E-state index is 6.94. The molecule has 0 heterocycles. The molecule has 296 valence electrons. The van der Waals surface area contributed by atoms with Crippen LogP contribution < -0.4 is 10.6 Å². The van der Waals surface area contributed by atoms with Crippen molar-refractivity contribution in [2.75, 3.05) is 92.2 Å². The second-order valence-electron chi connectivity index (χ2n) is 11.1. The molecule has 0 radical (unpaired) electrons. The van der Waals surface area contributed by atoms with E-state index in [-0.39, 0.29) is 0 Å². The molecule has 0 aromatic carbocycles. The minimum Gasteiger partial charge on any atom is -0.374 e. The largest absolute Gasteiger partial charge is 0.500 e. The van der Waals surface area contributed by atoms with Gasteiger partial charge in [0, 0.05) is 90.2 Å². The van der Waals surface area contributed by atoms with Gasteiger partial charge in [0.25, 0.3) is 0 Å². The summed E-state index contributed by atoms with van der Waals surface area (Å²) in [6.45, 7) is 28.7. The van der Waals surface area contributed by atoms with Crippen molar-refractivity contribution in [1.29, 1.82) is 0 Å². The van der Waals surface area contributed by atoms with Crippen LogP contribution in [0.3, 0.4) is 0 Å². The summed E-state index contributed by atoms with van der Waals surface area (Å²) in [5.41, 5.74) is 0. The van der Waals surface area contributed by atoms with E-state index in [1.54, 1.807) is 0 Å². The number of hydrogen-bond donors (Lipinski definition) is 2. The van der Waals surface area contributed by atoms with Gasteiger partial charge in [-0.1, -0.05) is 0 Å². The summed E-state index contributed by atoms with van der Waals surface area (Å²) in [7, 11) is -11.5. The molecule has 0 aliphatic carbocycles. The van der Waals surface area contributed by atoms with E-state index in [0.717, 1.165) is 64.0 Å². The topological polar surface area (TPSA) is 126 Å². The summed E-state index contributed by atoms with van der Waals surface area (Å²) in [4.78, 5) is 0. The first-order valence-corrected chi connectivity index (χ1v) is 27.0. The molecule has 0 saturated carbocycles. The van der Waals surface area contributed by atoms with Gasteiger partial charge in [-0.15, -0.1) is 0 Å². The Kier molecular flexibility index (Phi) is 31.0. The molecule has 0 aliphatic rings. The monoisotopic (exact) mass is 776 g/mol. The van der Waals surface area contributed by atoms with Crippen LogP contribution in [0.1, 0.15) is 94.9 Å². The summed E-state index contributed by atoms with van der Waals surface area (Å²) < 4.78 is 68.4. The highest BCUT2D eigenvalue weighted by molar-refractivity contribution is 6.75. The van der Waals surface area contributed by atoms with Crippen molar-refractivity contribution in [1.82, 2.24) is 10.6 Å². The molecule has 0 bridgehead atoms. The lowest BCUT2D eigenvalue weighted by atomic mass is 10.4. The molecule has 13 nitrogen and oxygen atoms in total. The summed E-state index contributed by atoms with van der Waals surface area (Å²) >= 11 is 0. The molecule has 0 aromatic heterocycles. The van der Waals surface area contributed by atoms with Gasteiger partial charge < -0.3 is 59.0 Å². The lowest BCUT2D eigenvalue weighted by molar-refractivity contribution is 0.0488. The molecule has 0 atom stereocenters. The van der Waals surface area contributed by atoms with Crippen LogP contribution in [0.4, 0.5) is 0 Å². The summed E-state index contributed by atoms with van der Waals surface area (Å²) in [6, 6.07) is 2.93. The Morgan fingerprint density at radius 3 is 0.673 bits per heavy atom. The molecule has 0 aliphatic heterocycles. The molecule has 49 heavy (non-hydrogen) atoms. The van der Waals surface area contributed by atoms with E-state index in [1.807, 2.05) is 69.2 Å². The zero-order valence-corrected chi connectivity index (χ0v) is 37.0. The van der Waals surface area contributed by atoms with Crippen molar-refractivity contribution in [2.24, 2.45) is 0 Å². The van der Waals surface area contributed by atoms with Crippen LogP contribution in [0.5, 0.6) is 0 Å². The second-order valence-corrected chi connectivity index (χ2v) is 22.2. The van der Waals surface area contributed by atoms with Crippen LogP contribution in [0.2, 0.25) is 24.2 Å². The first kappa shape index (κ1) is 49.3. The average molecular weight is 777 g/mol. The number of hydrogen-bond acceptors (Lipinski definition) is 13. The van der Waals surface area contributed by atoms with Crippen molar-refractivity contribution in [3.8, 4) is 0 Å². The Morgan fingerprint density at radius 1 is 0.286 bits per heavy atom. The van der Waals surface area contributed by atoms with Crippen LogP contribution >= 0.6 is 0 Å². The molecule has 0 rings (SSSR count). The standard InChI is InChI=1S/C32H76N2O11Si4/c1-11-35-46(36-12-2,37-13-3)29-21-25-33-27-23-31-48(41-17-7,42-18-8)45-49(43-19-9,44-20-10)32-24-28-34-26-22-30-47(38-14-4,39-15-5)40-16-6/h33-34H,11-32H2,1-10H3. The zero-order chi connectivity index (χ0) is 36.7. The van der Waals surface area contributed by atoms with E-state index < -0.39 is 35.2 Å². The minimum absolute atomic E-state index is 0.499. The smallest absolute Gasteiger partial charge is 0.374 e. The summed E-state index contributed by atoms with van der Waals surface area (Å²) in [6.07, 6.45) is 3.51. The van der Waals surface area contributed by atoms with Gasteiger partial charge in [0.1, 0.15) is 0 Å². The molecule has 0 spiro atoms. The molecule has 2 N–H and O–H groups in total. The lowest BCUT2D eigenvalue weighted by Gasteiger charge is -2.38. The Balaban J connectivity index is 5.25. The van der Waals surface area contributed by atoms with Crippen molar-refractivity contribution >= 4 is 35.2 Å². The highest BCUT2D eigenvalue weighted by Gasteiger charge is 2.53. The van der Waals surface area contributed by atoms with E-state index in [1.165, 1.54) is 0 Å². The highest BCUT2D eigenvalue weighted by Crippen LogP contribution is 2.28. The van der Waals surface area contributed by atoms with Gasteiger partial charge in [0.2, 0.25) is 0 Å². The Labute approximate surface area is 304 Å². The van der Waals surface area contributed by atoms with Gasteiger partial charge in [-0.2, -0.15) is 0 Å². The predicted octanol–water partition coefficient (Wildman–Crippen LogP) is 5.86. The Hall–Kier alpha value is 0.348. The fourth-order valence-corrected chi connectivity index (χ4v) is 18.3. The second kappa shape index (κ2) is 30.8. The minimum atomic E-state index is -3.10. The highest BCUT2D eigenvalue weighted by atomic mass is 28.5. The lowest BCUT2D eigenvalue weighted by Crippen LogP contribution is -2.59. The van der Waals surface area contributed by atoms with Crippen LogP contribution in [0.25, 0.3) is 0 Å². The average Bonchev–Trinajstić information content (AvgIpc) is 3.05. The maximum atomic E-state index is 6.94. The van der Waals surface area contributed by atoms with Crippen molar-refractivity contribution in [2.45, 2.75) is 119 Å². The van der Waals surface area contributed by atoms with E-state index in [2.05, 4.69) is 10.6 Å². The summed E-state index contributed by atoms with van der Waals surface area (Å²) in [5, 5.41) is 7.15. The molecule has 0 aromatic rings. The van der Waals surface area contributed by atoms with Gasteiger partial charge in [-0.05, 0) is 121 Å². The van der Waals surface area contributed by atoms with Crippen LogP contribution in [0.15, 0.2) is 0 Å². The van der Waals surface area contributed by atoms with Crippen molar-refractivity contribution < 1.29 is 48.4 Å². The van der Waals surface area contributed by atoms with Gasteiger partial charge in [0.05, 0.1) is 0 Å². The quantitative estimate of drug-likeness (QED) is 0.0575. The third-order valence-corrected chi connectivity index (χ3v) is 20.9. The van der Waals surface area contributed by atoms with Gasteiger partial charge in [-0.3, -0.25) is 0 Å². The predicted molar refractivity (Wildman–Crippen MR) is 204 cm³/mol. The molecule has 17 heteroatoms. The SMILES string of the molecule is CCO[Si](CCCNCCC[Si](OCC)(OCC)O[Si](CCCNCCC[Si](OCC)(OCC)OCC)(OCC)OCC)(OCC)OCC. The molecule has 0 amide bonds. The van der Waals surface area contributed by atoms with E-state index in [0.29, 0.717) is 78.2 Å². The normalized spacial score (nSPS) is 13.1. The zero-order valence-electron chi connectivity index (χ0n) is 33.0. The van der Waals surface area contributed by atoms with E-state index in [9.17, 15) is 0 Å². The fraction of sp³-hybridized carbons (Fsp3) is 1.00. The first-order chi connectivity index (χ1) is 23.7. The van der Waals surface area contributed by atoms with Crippen molar-refractivity contribution in [3.05, 3.63) is 0 Å². The fourth-order valence-electron chi connectivity index (χ4n) is 5.68. The van der Waals surface area contributed by atoms with Crippen LogP contribution in [-0.2, 0) is 48.4 Å². The van der Waals surface area contributed by atoms with E-state index in [4.69, 9.17) is 48.4 Å². The Bertz CT molecular complexity index is 649.